The molecule has 0 saturated carbocycles. The number of pyridine rings is 4. The molecule has 4 radical (unpaired) electrons. The van der Waals surface area contributed by atoms with Gasteiger partial charge in [-0.05, 0) is 260 Å². The Kier molecular flexibility index (Phi) is 33.9. The molecule has 13 heteroatoms. The Morgan fingerprint density at radius 2 is 0.717 bits per heavy atom. The number of aromatic nitrogens is 8. The molecule has 0 atom stereocenters. The summed E-state index contributed by atoms with van der Waals surface area (Å²) in [6, 6.07) is 77.4. The van der Waals surface area contributed by atoms with Gasteiger partial charge in [0.25, 0.3) is 0 Å². The van der Waals surface area contributed by atoms with Crippen molar-refractivity contribution in [1.82, 2.24) is 37.5 Å². The number of nitrogens with zero attached hydrogens (tertiary/aromatic N) is 8. The predicted molar refractivity (Wildman–Crippen MR) is 570 cm³/mol. The van der Waals surface area contributed by atoms with Gasteiger partial charge in [0.1, 0.15) is 0 Å². The van der Waals surface area contributed by atoms with Gasteiger partial charge >= 0.3 is 0 Å². The average molecular weight is 2540 g/mol. The van der Waals surface area contributed by atoms with Gasteiger partial charge in [-0.15, -0.1) is 95.4 Å². The van der Waals surface area contributed by atoms with E-state index in [1.54, 1.807) is 6.07 Å². The molecule has 0 N–H and O–H groups in total. The smallest absolute Gasteiger partial charge is 0.0639 e. The molecule has 0 amide bonds. The molecule has 0 unspecified atom stereocenters. The zero-order chi connectivity index (χ0) is 94.6. The van der Waals surface area contributed by atoms with E-state index in [-0.39, 0.29) is 91.7 Å². The first-order chi connectivity index (χ1) is 64.4. The monoisotopic (exact) mass is 2540 g/mol. The Labute approximate surface area is 872 Å². The first-order valence-electron chi connectivity index (χ1n) is 49.5. The SMILES string of the molecule is CC(C)c1cc(C(C)C)c(-c2cnc3c4[c-]cc(F)cc4c4cc(CC(C)(C)C)ccc4n23)c(C(C)C)c1.CCCCCCc1cc(C)c(-c2cnc3c4[c-]ccc(C)c4c4cc(C)c(C)cc4n23)c(C)c1.CCCCCc1ccc2c(c1)c1c(C)cc[c-]c1c1ncc(-c3c(C)cccc3C)n21.CCCCCc1ccc2c(c1)c1ccc[c-]c1c1ncc(-c3c(C)cc(C)cc3C)n21.[Ir].[Ir].[Ir].[Ir]. The molecule has 0 aliphatic rings. The van der Waals surface area contributed by atoms with Gasteiger partial charge in [-0.3, -0.25) is 24.3 Å². The molecule has 138 heavy (non-hydrogen) atoms. The third-order valence-corrected chi connectivity index (χ3v) is 28.1. The van der Waals surface area contributed by atoms with Crippen LogP contribution in [-0.4, -0.2) is 37.5 Å². The third-order valence-electron chi connectivity index (χ3n) is 28.1. The standard InChI is InChI=1S/C35H40FN2.C32H35N2.2C29H29N2.4Ir/c1-20(2)24-15-27(21(3)4)33(28(16-24)22(5)6)32-19-37-34-26-12-11-25(36)17-29(26)30-14-23(18-35(7,8)9)10-13-31(30)38(32)34;1-7-8-9-10-13-25-15-23(5)30(24(6)16-25)29-19-33-32-26-14-11-12-20(2)31(26)27-17-21(3)22(4)18-28(27)34(29)32;1-5-6-7-13-22-15-16-25-24(17-22)28-21(4)12-9-14-23(28)29-30-18-26(31(25)29)27-19(2)10-8-11-20(27)3;1-5-6-7-10-22-13-14-26-25(17-22)23-11-8-9-12-24(23)29-30-18-27(31(26)29)28-20(3)15-19(2)16-21(28)4;;;;/h10-11,13-17,19-22H,18H2,1-9H3;11-12,15-19H,7-10,13H2,1-6H3;8-12,15-18H,5-7,13H2,1-4H3;8-9,11,13-18H,5-7,10H2,1-4H3;;;;/q4*-1;;;;. The molecule has 20 rings (SSSR count). The fraction of sp³-hybridized carbons (Fsp3) is 0.328. The summed E-state index contributed by atoms with van der Waals surface area (Å²) in [5, 5.41) is 13.7. The van der Waals surface area contributed by atoms with Gasteiger partial charge in [0.05, 0.1) is 45.4 Å². The van der Waals surface area contributed by atoms with Crippen molar-refractivity contribution in [3.8, 4) is 45.0 Å². The maximum absolute atomic E-state index is 14.5. The van der Waals surface area contributed by atoms with Crippen LogP contribution in [0.2, 0.25) is 0 Å². The molecule has 720 valence electrons. The van der Waals surface area contributed by atoms with Crippen molar-refractivity contribution in [2.75, 3.05) is 0 Å². The van der Waals surface area contributed by atoms with Crippen molar-refractivity contribution >= 4 is 109 Å². The second-order valence-corrected chi connectivity index (χ2v) is 40.8. The minimum atomic E-state index is -0.274. The summed E-state index contributed by atoms with van der Waals surface area (Å²) in [6.07, 6.45) is 25.3. The van der Waals surface area contributed by atoms with Gasteiger partial charge in [0.15, 0.2) is 0 Å². The molecule has 0 saturated heterocycles. The minimum Gasteiger partial charge on any atom is -0.333 e. The van der Waals surface area contributed by atoms with Gasteiger partial charge in [0.2, 0.25) is 0 Å². The molecule has 0 spiro atoms. The molecular weight excluding hydrogens is 2400 g/mol. The van der Waals surface area contributed by atoms with Crippen molar-refractivity contribution in [3.05, 3.63) is 331 Å². The quantitative estimate of drug-likeness (QED) is 0.0408. The van der Waals surface area contributed by atoms with Gasteiger partial charge < -0.3 is 17.6 Å². The summed E-state index contributed by atoms with van der Waals surface area (Å²) in [6.45, 7) is 51.4. The van der Waals surface area contributed by atoms with Crippen molar-refractivity contribution in [1.29, 1.82) is 0 Å². The first-order valence-corrected chi connectivity index (χ1v) is 49.5. The van der Waals surface area contributed by atoms with Crippen LogP contribution in [0.15, 0.2) is 201 Å². The predicted octanol–water partition coefficient (Wildman–Crippen LogP) is 34.5. The Hall–Kier alpha value is -9.99. The fourth-order valence-corrected chi connectivity index (χ4v) is 21.5. The Morgan fingerprint density at radius 1 is 0.319 bits per heavy atom. The van der Waals surface area contributed by atoms with E-state index < -0.39 is 0 Å². The van der Waals surface area contributed by atoms with E-state index in [2.05, 4.69) is 353 Å². The fourth-order valence-electron chi connectivity index (χ4n) is 21.5. The molecule has 0 aliphatic carbocycles. The molecule has 12 aromatic carbocycles. The number of imidazole rings is 4. The van der Waals surface area contributed by atoms with E-state index >= 15 is 0 Å². The number of fused-ring (bicyclic) bond motifs is 24. The van der Waals surface area contributed by atoms with Crippen molar-refractivity contribution in [2.24, 2.45) is 5.41 Å². The van der Waals surface area contributed by atoms with E-state index in [0.717, 1.165) is 103 Å². The van der Waals surface area contributed by atoms with Gasteiger partial charge in [-0.25, -0.2) is 0 Å². The van der Waals surface area contributed by atoms with Crippen LogP contribution in [0.25, 0.3) is 154 Å². The number of hydrogen-bond donors (Lipinski definition) is 0. The van der Waals surface area contributed by atoms with Gasteiger partial charge in [-0.1, -0.05) is 282 Å². The summed E-state index contributed by atoms with van der Waals surface area (Å²) < 4.78 is 23.9. The van der Waals surface area contributed by atoms with Crippen LogP contribution < -0.4 is 0 Å². The molecule has 8 aromatic heterocycles. The topological polar surface area (TPSA) is 69.2 Å². The summed E-state index contributed by atoms with van der Waals surface area (Å²) in [7, 11) is 0. The van der Waals surface area contributed by atoms with Crippen LogP contribution in [-0.2, 0) is 106 Å². The van der Waals surface area contributed by atoms with Crippen LogP contribution in [0.3, 0.4) is 0 Å². The van der Waals surface area contributed by atoms with Crippen LogP contribution in [0.1, 0.15) is 265 Å². The van der Waals surface area contributed by atoms with Crippen molar-refractivity contribution in [3.63, 3.8) is 0 Å². The number of benzene rings is 12. The van der Waals surface area contributed by atoms with Crippen LogP contribution in [0.4, 0.5) is 4.39 Å². The zero-order valence-electron chi connectivity index (χ0n) is 85.0. The molecule has 8 heterocycles. The molecular formula is C125H133FIr4N8-4. The van der Waals surface area contributed by atoms with Crippen molar-refractivity contribution in [2.45, 2.75) is 267 Å². The molecule has 0 fully saturated rings. The van der Waals surface area contributed by atoms with Gasteiger partial charge in [0, 0.05) is 155 Å². The van der Waals surface area contributed by atoms with E-state index in [0.29, 0.717) is 17.8 Å². The number of rotatable bonds is 21. The van der Waals surface area contributed by atoms with Crippen molar-refractivity contribution < 1.29 is 84.8 Å². The Morgan fingerprint density at radius 3 is 1.21 bits per heavy atom. The number of aryl methyl sites for hydroxylation is 14. The van der Waals surface area contributed by atoms with E-state index in [1.165, 1.54) is 247 Å². The summed E-state index contributed by atoms with van der Waals surface area (Å²) in [5.74, 6) is 0.899. The molecule has 0 aliphatic heterocycles. The summed E-state index contributed by atoms with van der Waals surface area (Å²) >= 11 is 0. The zero-order valence-corrected chi connectivity index (χ0v) is 94.6. The molecule has 20 aromatic rings. The first kappa shape index (κ1) is 105. The second-order valence-electron chi connectivity index (χ2n) is 40.8. The number of halogens is 1. The van der Waals surface area contributed by atoms with E-state index in [4.69, 9.17) is 19.9 Å². The maximum atomic E-state index is 14.5. The van der Waals surface area contributed by atoms with Crippen LogP contribution >= 0.6 is 0 Å². The van der Waals surface area contributed by atoms with Gasteiger partial charge in [-0.2, -0.15) is 0 Å². The second kappa shape index (κ2) is 44.4. The van der Waals surface area contributed by atoms with E-state index in [1.807, 2.05) is 36.8 Å². The van der Waals surface area contributed by atoms with Crippen LogP contribution in [0, 0.1) is 112 Å². The van der Waals surface area contributed by atoms with Crippen LogP contribution in [0.5, 0.6) is 0 Å². The molecule has 0 bridgehead atoms. The maximum Gasteiger partial charge on any atom is 0.0639 e. The summed E-state index contributed by atoms with van der Waals surface area (Å²) in [5.41, 5.74) is 42.3. The largest absolute Gasteiger partial charge is 0.333 e. The Balaban J connectivity index is 0.000000154. The molecule has 8 nitrogen and oxygen atoms in total. The minimum absolute atomic E-state index is 0. The number of hydrogen-bond acceptors (Lipinski definition) is 4. The van der Waals surface area contributed by atoms with E-state index in [9.17, 15) is 4.39 Å². The third kappa shape index (κ3) is 20.8. The Bertz CT molecular complexity index is 7830. The number of unbranched alkanes of at least 4 members (excludes halogenated alkanes) is 7. The normalized spacial score (nSPS) is 11.7. The average Bonchev–Trinajstić information content (AvgIpc) is 1.34. The summed E-state index contributed by atoms with van der Waals surface area (Å²) in [4.78, 5) is 19.7.